The number of hydrogen-bond donors (Lipinski definition) is 1. The third-order valence-corrected chi connectivity index (χ3v) is 6.86. The zero-order chi connectivity index (χ0) is 27.8. The summed E-state index contributed by atoms with van der Waals surface area (Å²) in [7, 11) is 0. The van der Waals surface area contributed by atoms with Gasteiger partial charge in [0.15, 0.2) is 0 Å². The van der Waals surface area contributed by atoms with Gasteiger partial charge in [0.05, 0.1) is 16.6 Å². The number of carbonyl (C=O) groups is 3. The number of carbonyl (C=O) groups excluding carboxylic acids is 3. The van der Waals surface area contributed by atoms with E-state index in [1.165, 1.54) is 41.4 Å². The highest BCUT2D eigenvalue weighted by atomic mass is 19.1. The van der Waals surface area contributed by atoms with Gasteiger partial charge in [0.1, 0.15) is 11.6 Å². The molecule has 2 aromatic heterocycles. The number of benzene rings is 3. The zero-order valence-corrected chi connectivity index (χ0v) is 20.9. The molecule has 40 heavy (non-hydrogen) atoms. The number of nitrogens with one attached hydrogen (secondary N) is 1. The maximum atomic E-state index is 15.0. The number of amides is 2. The Bertz CT molecular complexity index is 1740. The van der Waals surface area contributed by atoms with Crippen LogP contribution in [0.3, 0.4) is 0 Å². The molecule has 2 amide bonds. The summed E-state index contributed by atoms with van der Waals surface area (Å²) in [5.74, 6) is -2.65. The average molecular weight is 542 g/mol. The molecule has 1 aliphatic heterocycles. The van der Waals surface area contributed by atoms with Crippen LogP contribution in [0.1, 0.15) is 20.7 Å². The third kappa shape index (κ3) is 4.51. The standard InChI is InChI=1S/C29H21F2N5O4/c30-19-8-6-17(7-9-19)26-33-27(40-34-26)20-10-11-22(31)23-21(16-32-24(20)23)25(37)29(39)36-14-12-35(13-15-36)28(38)18-4-2-1-3-5-18/h1-11,16,32H,12-15H2. The minimum absolute atomic E-state index is 0.0516. The first-order chi connectivity index (χ1) is 19.4. The van der Waals surface area contributed by atoms with Crippen LogP contribution >= 0.6 is 0 Å². The van der Waals surface area contributed by atoms with E-state index >= 15 is 4.39 Å². The van der Waals surface area contributed by atoms with E-state index in [1.54, 1.807) is 29.2 Å². The molecule has 3 heterocycles. The van der Waals surface area contributed by atoms with Crippen molar-refractivity contribution in [1.29, 1.82) is 0 Å². The number of rotatable bonds is 5. The minimum Gasteiger partial charge on any atom is -0.360 e. The Morgan fingerprint density at radius 1 is 0.850 bits per heavy atom. The van der Waals surface area contributed by atoms with Crippen LogP contribution < -0.4 is 0 Å². The zero-order valence-electron chi connectivity index (χ0n) is 20.9. The van der Waals surface area contributed by atoms with Gasteiger partial charge in [-0.25, -0.2) is 8.78 Å². The number of nitrogens with zero attached hydrogens (tertiary/aromatic N) is 4. The fourth-order valence-corrected chi connectivity index (χ4v) is 4.75. The molecule has 3 aromatic carbocycles. The van der Waals surface area contributed by atoms with Gasteiger partial charge in [-0.05, 0) is 48.5 Å². The van der Waals surface area contributed by atoms with Crippen molar-refractivity contribution in [2.45, 2.75) is 0 Å². The number of piperazine rings is 1. The second-order valence-electron chi connectivity index (χ2n) is 9.26. The lowest BCUT2D eigenvalue weighted by Crippen LogP contribution is -2.52. The van der Waals surface area contributed by atoms with E-state index in [1.807, 2.05) is 6.07 Å². The molecule has 0 saturated carbocycles. The van der Waals surface area contributed by atoms with Gasteiger partial charge in [0, 0.05) is 48.9 Å². The highest BCUT2D eigenvalue weighted by Crippen LogP contribution is 2.32. The molecular formula is C29H21F2N5O4. The second-order valence-corrected chi connectivity index (χ2v) is 9.26. The molecule has 0 unspecified atom stereocenters. The third-order valence-electron chi connectivity index (χ3n) is 6.86. The first-order valence-electron chi connectivity index (χ1n) is 12.5. The number of aromatic amines is 1. The SMILES string of the molecule is O=C(C(=O)N1CCN(C(=O)c2ccccc2)CC1)c1c[nH]c2c(-c3nc(-c4ccc(F)cc4)no3)ccc(F)c12. The number of fused-ring (bicyclic) bond motifs is 1. The van der Waals surface area contributed by atoms with E-state index < -0.39 is 23.3 Å². The van der Waals surface area contributed by atoms with E-state index in [9.17, 15) is 18.8 Å². The number of H-pyrrole nitrogens is 1. The van der Waals surface area contributed by atoms with Crippen LogP contribution in [0.25, 0.3) is 33.7 Å². The van der Waals surface area contributed by atoms with E-state index in [2.05, 4.69) is 15.1 Å². The minimum atomic E-state index is -0.873. The van der Waals surface area contributed by atoms with Gasteiger partial charge in [-0.1, -0.05) is 23.4 Å². The Morgan fingerprint density at radius 3 is 2.27 bits per heavy atom. The molecule has 1 fully saturated rings. The molecule has 0 aliphatic carbocycles. The van der Waals surface area contributed by atoms with Gasteiger partial charge in [0.2, 0.25) is 5.82 Å². The van der Waals surface area contributed by atoms with Crippen LogP contribution in [0.15, 0.2) is 77.4 Å². The lowest BCUT2D eigenvalue weighted by atomic mass is 10.0. The number of Topliss-reactive ketones (excluding diaryl/α,β-unsaturated/α-hetero) is 1. The lowest BCUT2D eigenvalue weighted by Gasteiger charge is -2.34. The fourth-order valence-electron chi connectivity index (χ4n) is 4.75. The Hall–Kier alpha value is -5.19. The van der Waals surface area contributed by atoms with Crippen LogP contribution in [-0.2, 0) is 4.79 Å². The van der Waals surface area contributed by atoms with Gasteiger partial charge in [-0.15, -0.1) is 0 Å². The molecule has 200 valence electrons. The molecule has 1 N–H and O–H groups in total. The summed E-state index contributed by atoms with van der Waals surface area (Å²) in [6, 6.07) is 16.9. The van der Waals surface area contributed by atoms with Crippen LogP contribution in [0.5, 0.6) is 0 Å². The van der Waals surface area contributed by atoms with Crippen LogP contribution in [0.2, 0.25) is 0 Å². The van der Waals surface area contributed by atoms with E-state index in [4.69, 9.17) is 4.52 Å². The quantitative estimate of drug-likeness (QED) is 0.262. The van der Waals surface area contributed by atoms with Gasteiger partial charge in [-0.3, -0.25) is 14.4 Å². The van der Waals surface area contributed by atoms with Crippen molar-refractivity contribution in [1.82, 2.24) is 24.9 Å². The van der Waals surface area contributed by atoms with Crippen molar-refractivity contribution in [2.24, 2.45) is 0 Å². The van der Waals surface area contributed by atoms with Crippen LogP contribution in [0, 0.1) is 11.6 Å². The van der Waals surface area contributed by atoms with E-state index in [0.717, 1.165) is 6.07 Å². The number of halogens is 2. The van der Waals surface area contributed by atoms with Crippen molar-refractivity contribution in [3.8, 4) is 22.8 Å². The predicted molar refractivity (Wildman–Crippen MR) is 140 cm³/mol. The summed E-state index contributed by atoms with van der Waals surface area (Å²) in [4.78, 5) is 49.2. The maximum Gasteiger partial charge on any atom is 0.295 e. The Balaban J connectivity index is 1.22. The van der Waals surface area contributed by atoms with Crippen molar-refractivity contribution in [3.05, 3.63) is 95.7 Å². The van der Waals surface area contributed by atoms with E-state index in [-0.39, 0.29) is 60.3 Å². The summed E-state index contributed by atoms with van der Waals surface area (Å²) in [5, 5.41) is 3.85. The smallest absolute Gasteiger partial charge is 0.295 e. The van der Waals surface area contributed by atoms with E-state index in [0.29, 0.717) is 16.7 Å². The van der Waals surface area contributed by atoms with Gasteiger partial charge < -0.3 is 19.3 Å². The molecule has 0 spiro atoms. The molecule has 5 aromatic rings. The van der Waals surface area contributed by atoms with Crippen LogP contribution in [0.4, 0.5) is 8.78 Å². The summed E-state index contributed by atoms with van der Waals surface area (Å²) >= 11 is 0. The first kappa shape index (κ1) is 25.1. The summed E-state index contributed by atoms with van der Waals surface area (Å²) in [5.41, 5.74) is 1.49. The Morgan fingerprint density at radius 2 is 1.55 bits per heavy atom. The van der Waals surface area contributed by atoms with Crippen molar-refractivity contribution >= 4 is 28.5 Å². The Kier molecular flexibility index (Phi) is 6.39. The molecule has 1 saturated heterocycles. The normalized spacial score (nSPS) is 13.6. The molecule has 11 heteroatoms. The fraction of sp³-hybridized carbons (Fsp3) is 0.138. The largest absolute Gasteiger partial charge is 0.360 e. The molecule has 9 nitrogen and oxygen atoms in total. The van der Waals surface area contributed by atoms with Crippen molar-refractivity contribution in [2.75, 3.05) is 26.2 Å². The summed E-state index contributed by atoms with van der Waals surface area (Å²) < 4.78 is 33.6. The number of hydrogen-bond acceptors (Lipinski definition) is 6. The molecule has 0 atom stereocenters. The lowest BCUT2D eigenvalue weighted by molar-refractivity contribution is -0.127. The highest BCUT2D eigenvalue weighted by molar-refractivity contribution is 6.45. The topological polar surface area (TPSA) is 112 Å². The second kappa shape index (κ2) is 10.2. The average Bonchev–Trinajstić information content (AvgIpc) is 3.66. The monoisotopic (exact) mass is 541 g/mol. The highest BCUT2D eigenvalue weighted by Gasteiger charge is 2.31. The Labute approximate surface area is 226 Å². The molecule has 1 aliphatic rings. The predicted octanol–water partition coefficient (Wildman–Crippen LogP) is 4.33. The van der Waals surface area contributed by atoms with Gasteiger partial charge >= 0.3 is 0 Å². The van der Waals surface area contributed by atoms with Gasteiger partial charge in [0.25, 0.3) is 23.5 Å². The maximum absolute atomic E-state index is 15.0. The molecular weight excluding hydrogens is 520 g/mol. The molecule has 0 bridgehead atoms. The number of ketones is 1. The molecule has 0 radical (unpaired) electrons. The van der Waals surface area contributed by atoms with Crippen LogP contribution in [-0.4, -0.2) is 68.7 Å². The molecule has 6 rings (SSSR count). The number of aromatic nitrogens is 3. The first-order valence-corrected chi connectivity index (χ1v) is 12.5. The summed E-state index contributed by atoms with van der Waals surface area (Å²) in [6.45, 7) is 0.889. The van der Waals surface area contributed by atoms with Crippen molar-refractivity contribution in [3.63, 3.8) is 0 Å². The van der Waals surface area contributed by atoms with Crippen molar-refractivity contribution < 1.29 is 27.7 Å². The van der Waals surface area contributed by atoms with Gasteiger partial charge in [-0.2, -0.15) is 4.98 Å². The summed E-state index contributed by atoms with van der Waals surface area (Å²) in [6.07, 6.45) is 1.28.